The lowest BCUT2D eigenvalue weighted by atomic mass is 9.81. The molecule has 1 aromatic carbocycles. The maximum Gasteiger partial charge on any atom is 0.261 e. The highest BCUT2D eigenvalue weighted by molar-refractivity contribution is 7.17. The minimum absolute atomic E-state index is 0.0249. The van der Waals surface area contributed by atoms with E-state index < -0.39 is 0 Å². The average molecular weight is 332 g/mol. The van der Waals surface area contributed by atoms with Gasteiger partial charge in [-0.15, -0.1) is 11.3 Å². The van der Waals surface area contributed by atoms with Crippen LogP contribution in [0.5, 0.6) is 0 Å². The zero-order valence-electron chi connectivity index (χ0n) is 13.2. The fourth-order valence-corrected chi connectivity index (χ4v) is 3.74. The molecule has 1 aromatic heterocycles. The number of halogens is 1. The van der Waals surface area contributed by atoms with Crippen LogP contribution in [0.4, 0.5) is 4.39 Å². The number of hydrogen-bond donors (Lipinski definition) is 2. The van der Waals surface area contributed by atoms with E-state index in [0.717, 1.165) is 36.4 Å². The average Bonchev–Trinajstić information content (AvgIpc) is 3.04. The van der Waals surface area contributed by atoms with Crippen molar-refractivity contribution >= 4 is 17.2 Å². The first kappa shape index (κ1) is 16.1. The fraction of sp³-hybridized carbons (Fsp3) is 0.389. The van der Waals surface area contributed by atoms with E-state index >= 15 is 0 Å². The van der Waals surface area contributed by atoms with Gasteiger partial charge >= 0.3 is 0 Å². The molecule has 2 aromatic rings. The lowest BCUT2D eigenvalue weighted by Crippen LogP contribution is -2.42. The molecule has 0 saturated carbocycles. The van der Waals surface area contributed by atoms with Gasteiger partial charge < -0.3 is 10.6 Å². The van der Waals surface area contributed by atoms with Crippen LogP contribution in [-0.2, 0) is 0 Å². The van der Waals surface area contributed by atoms with Crippen molar-refractivity contribution in [2.45, 2.75) is 19.8 Å². The maximum absolute atomic E-state index is 13.0. The highest BCUT2D eigenvalue weighted by atomic mass is 32.1. The van der Waals surface area contributed by atoms with Crippen molar-refractivity contribution in [3.8, 4) is 10.4 Å². The second-order valence-electron chi connectivity index (χ2n) is 6.41. The van der Waals surface area contributed by atoms with Crippen LogP contribution in [-0.4, -0.2) is 25.5 Å². The number of carbonyl (C=O) groups excluding carboxylic acids is 1. The number of benzene rings is 1. The molecule has 122 valence electrons. The van der Waals surface area contributed by atoms with Crippen LogP contribution in [0.3, 0.4) is 0 Å². The Kier molecular flexibility index (Phi) is 4.78. The van der Waals surface area contributed by atoms with E-state index in [2.05, 4.69) is 17.6 Å². The third-order valence-electron chi connectivity index (χ3n) is 4.44. The molecule has 0 unspecified atom stereocenters. The van der Waals surface area contributed by atoms with Gasteiger partial charge in [0.1, 0.15) is 5.82 Å². The van der Waals surface area contributed by atoms with Crippen molar-refractivity contribution in [3.05, 3.63) is 47.1 Å². The van der Waals surface area contributed by atoms with E-state index in [-0.39, 0.29) is 17.1 Å². The molecule has 1 fully saturated rings. The van der Waals surface area contributed by atoms with Crippen molar-refractivity contribution in [1.29, 1.82) is 0 Å². The molecule has 1 amide bonds. The third kappa shape index (κ3) is 3.98. The fourth-order valence-electron chi connectivity index (χ4n) is 2.82. The van der Waals surface area contributed by atoms with Crippen LogP contribution in [0.25, 0.3) is 10.4 Å². The predicted octanol–water partition coefficient (Wildman–Crippen LogP) is 3.67. The zero-order chi connectivity index (χ0) is 16.3. The smallest absolute Gasteiger partial charge is 0.261 e. The van der Waals surface area contributed by atoms with Gasteiger partial charge in [-0.05, 0) is 61.2 Å². The lowest BCUT2D eigenvalue weighted by molar-refractivity contribution is 0.0926. The number of amides is 1. The standard InChI is InChI=1S/C18H21FN2OS/c1-18(8-10-20-11-9-18)12-21-17(22)16-7-6-15(23-16)13-2-4-14(19)5-3-13/h2-7,20H,8-12H2,1H3,(H,21,22). The van der Waals surface area contributed by atoms with Crippen molar-refractivity contribution in [1.82, 2.24) is 10.6 Å². The topological polar surface area (TPSA) is 41.1 Å². The second kappa shape index (κ2) is 6.81. The van der Waals surface area contributed by atoms with Crippen LogP contribution in [0, 0.1) is 11.2 Å². The highest BCUT2D eigenvalue weighted by Crippen LogP contribution is 2.29. The first-order chi connectivity index (χ1) is 11.1. The molecule has 23 heavy (non-hydrogen) atoms. The summed E-state index contributed by atoms with van der Waals surface area (Å²) >= 11 is 1.44. The van der Waals surface area contributed by atoms with E-state index in [4.69, 9.17) is 0 Å². The molecule has 1 saturated heterocycles. The number of rotatable bonds is 4. The molecule has 3 rings (SSSR count). The molecule has 5 heteroatoms. The Morgan fingerprint density at radius 3 is 2.61 bits per heavy atom. The Morgan fingerprint density at radius 1 is 1.22 bits per heavy atom. The Balaban J connectivity index is 1.63. The van der Waals surface area contributed by atoms with E-state index in [9.17, 15) is 9.18 Å². The number of thiophene rings is 1. The molecule has 1 aliphatic rings. The van der Waals surface area contributed by atoms with Gasteiger partial charge in [0.15, 0.2) is 0 Å². The maximum atomic E-state index is 13.0. The van der Waals surface area contributed by atoms with Crippen molar-refractivity contribution in [2.75, 3.05) is 19.6 Å². The first-order valence-corrected chi connectivity index (χ1v) is 8.72. The summed E-state index contributed by atoms with van der Waals surface area (Å²) in [7, 11) is 0. The van der Waals surface area contributed by atoms with E-state index in [1.54, 1.807) is 12.1 Å². The molecule has 0 atom stereocenters. The van der Waals surface area contributed by atoms with Gasteiger partial charge in [-0.25, -0.2) is 4.39 Å². The minimum atomic E-state index is -0.251. The van der Waals surface area contributed by atoms with Crippen molar-refractivity contribution in [3.63, 3.8) is 0 Å². The van der Waals surface area contributed by atoms with Gasteiger partial charge in [0.05, 0.1) is 4.88 Å². The molecule has 0 radical (unpaired) electrons. The summed E-state index contributed by atoms with van der Waals surface area (Å²) in [6.45, 7) is 4.96. The molecule has 0 bridgehead atoms. The number of nitrogens with one attached hydrogen (secondary N) is 2. The number of hydrogen-bond acceptors (Lipinski definition) is 3. The van der Waals surface area contributed by atoms with Crippen LogP contribution >= 0.6 is 11.3 Å². The summed E-state index contributed by atoms with van der Waals surface area (Å²) < 4.78 is 13.0. The van der Waals surface area contributed by atoms with Crippen LogP contribution in [0.1, 0.15) is 29.4 Å². The summed E-state index contributed by atoms with van der Waals surface area (Å²) in [6.07, 6.45) is 2.16. The molecular formula is C18H21FN2OS. The summed E-state index contributed by atoms with van der Waals surface area (Å²) in [5.74, 6) is -0.276. The summed E-state index contributed by atoms with van der Waals surface area (Å²) in [5, 5.41) is 6.41. The van der Waals surface area contributed by atoms with Gasteiger partial charge in [0.25, 0.3) is 5.91 Å². The van der Waals surface area contributed by atoms with Crippen molar-refractivity contribution in [2.24, 2.45) is 5.41 Å². The molecule has 0 aliphatic carbocycles. The van der Waals surface area contributed by atoms with E-state index in [1.165, 1.54) is 23.5 Å². The SMILES string of the molecule is CC1(CNC(=O)c2ccc(-c3ccc(F)cc3)s2)CCNCC1. The van der Waals surface area contributed by atoms with Crippen LogP contribution < -0.4 is 10.6 Å². The van der Waals surface area contributed by atoms with E-state index in [1.807, 2.05) is 12.1 Å². The quantitative estimate of drug-likeness (QED) is 0.897. The highest BCUT2D eigenvalue weighted by Gasteiger charge is 2.27. The summed E-state index contributed by atoms with van der Waals surface area (Å²) in [4.78, 5) is 14.0. The largest absolute Gasteiger partial charge is 0.351 e. The molecule has 0 spiro atoms. The monoisotopic (exact) mass is 332 g/mol. The Morgan fingerprint density at radius 2 is 1.91 bits per heavy atom. The van der Waals surface area contributed by atoms with Gasteiger partial charge in [0.2, 0.25) is 0 Å². The Bertz CT molecular complexity index is 675. The Labute approximate surface area is 139 Å². The molecule has 3 nitrogen and oxygen atoms in total. The van der Waals surface area contributed by atoms with Gasteiger partial charge in [0, 0.05) is 11.4 Å². The molecule has 2 heterocycles. The van der Waals surface area contributed by atoms with Crippen molar-refractivity contribution < 1.29 is 9.18 Å². The van der Waals surface area contributed by atoms with Gasteiger partial charge in [-0.2, -0.15) is 0 Å². The van der Waals surface area contributed by atoms with E-state index in [0.29, 0.717) is 11.4 Å². The molecule has 2 N–H and O–H groups in total. The zero-order valence-corrected chi connectivity index (χ0v) is 14.0. The normalized spacial score (nSPS) is 17.0. The first-order valence-electron chi connectivity index (χ1n) is 7.90. The summed E-state index contributed by atoms with van der Waals surface area (Å²) in [6, 6.07) is 10.1. The molecule has 1 aliphatic heterocycles. The number of piperidine rings is 1. The minimum Gasteiger partial charge on any atom is -0.351 e. The van der Waals surface area contributed by atoms with Gasteiger partial charge in [-0.1, -0.05) is 19.1 Å². The second-order valence-corrected chi connectivity index (χ2v) is 7.50. The number of carbonyl (C=O) groups is 1. The van der Waals surface area contributed by atoms with Crippen LogP contribution in [0.2, 0.25) is 0 Å². The van der Waals surface area contributed by atoms with Gasteiger partial charge in [-0.3, -0.25) is 4.79 Å². The Hall–Kier alpha value is -1.72. The predicted molar refractivity (Wildman–Crippen MR) is 92.3 cm³/mol. The lowest BCUT2D eigenvalue weighted by Gasteiger charge is -2.34. The summed E-state index contributed by atoms with van der Waals surface area (Å²) in [5.41, 5.74) is 1.11. The van der Waals surface area contributed by atoms with Crippen LogP contribution in [0.15, 0.2) is 36.4 Å². The molecular weight excluding hydrogens is 311 g/mol. The third-order valence-corrected chi connectivity index (χ3v) is 5.58.